The second-order valence-electron chi connectivity index (χ2n) is 46.9. The highest BCUT2D eigenvalue weighted by molar-refractivity contribution is 5.73. The zero-order chi connectivity index (χ0) is 95.2. The van der Waals surface area contributed by atoms with Gasteiger partial charge in [0.1, 0.15) is 23.3 Å². The molecule has 7 heterocycles. The minimum Gasteiger partial charge on any atom is -0.395 e. The number of aromatic nitrogens is 1. The normalized spacial score (nSPS) is 17.9. The Balaban J connectivity index is 0.000000690. The smallest absolute Gasteiger partial charge is 0.219 e. The molecule has 3 aromatic carbocycles. The standard InChI is InChI=1S/C12H22N2.C12H26N2.C12H25N.C12H18.C11H21NO.C11H23NO.2C10H12F2.C10H21N.C9H13N/c1-12(2,3)11-5-9-14(10-6-11)8-4-7-13;1-5-13-8-10-14(11-9-13)7-6-12(2,3)4;1-5-8-13-9-6-11(7-10-13)12(2,3)4;1-9-7-6-8-10(2)11(9)12(3,4)5;1-9(13)12-7-5-10(6-8-12)11(2,3)4;1-11(2,3)10-4-6-12(7-5-10)8-9-13;1-10(2,3)7-4-8(11)6-9(12)5-7;1-10(2,3)9-7(11)5-4-6-8(9)12;1-10(2,3)9-5-7-11(4)8-6-9;1-7(2)9-6-10-5-4-8(9)3/h11H,4-6,8-10H2,1-3H3;5-11H2,1-4H3;11H,5-10H2,1-4H3;6-8H,1-5H3;10H,5-8H2,1-4H3;10,13H,4-9H2,1-3H3;2*4-6H,1-3H3;9H,5-8H2,1-4H3;4-7H,1-3H3. The molecule has 0 radical (unpaired) electrons. The van der Waals surface area contributed by atoms with E-state index in [1.165, 1.54) is 233 Å². The van der Waals surface area contributed by atoms with Crippen LogP contribution < -0.4 is 0 Å². The van der Waals surface area contributed by atoms with Gasteiger partial charge in [0.15, 0.2) is 0 Å². The second kappa shape index (κ2) is 55.4. The molecule has 6 fully saturated rings. The van der Waals surface area contributed by atoms with Gasteiger partial charge in [-0.15, -0.1) is 0 Å². The average Bonchev–Trinajstić information content (AvgIpc) is 0.820. The fraction of sp³-hybridized carbons (Fsp3) is 0.771. The molecule has 1 amide bonds. The lowest BCUT2D eigenvalue weighted by Crippen LogP contribution is -2.46. The number of nitrogens with zero attached hydrogens (tertiary/aromatic N) is 9. The fourth-order valence-corrected chi connectivity index (χ4v) is 17.8. The number of carbonyl (C=O) groups is 1. The maximum Gasteiger partial charge on any atom is 0.219 e. The van der Waals surface area contributed by atoms with Gasteiger partial charge in [-0.2, -0.15) is 5.26 Å². The van der Waals surface area contributed by atoms with Crippen LogP contribution in [0.3, 0.4) is 0 Å². The summed E-state index contributed by atoms with van der Waals surface area (Å²) in [5.74, 6) is 3.25. The summed E-state index contributed by atoms with van der Waals surface area (Å²) in [5.41, 5.74) is 10.3. The molecule has 0 aliphatic carbocycles. The first-order valence-electron chi connectivity index (χ1n) is 48.4. The lowest BCUT2D eigenvalue weighted by Gasteiger charge is -2.38. The highest BCUT2D eigenvalue weighted by atomic mass is 19.1. The molecular formula is C109H193F4N9O2. The van der Waals surface area contributed by atoms with Crippen molar-refractivity contribution in [2.24, 2.45) is 62.1 Å². The van der Waals surface area contributed by atoms with Gasteiger partial charge in [0.05, 0.1) is 12.7 Å². The maximum absolute atomic E-state index is 13.1. The number of piperazine rings is 1. The summed E-state index contributed by atoms with van der Waals surface area (Å²) in [7, 11) is 2.22. The SMILES string of the molecule is CC(=O)N1CCC(C(C)(C)C)CC1.CC(C)(C)C1CCN(CCC#N)CC1.CC(C)(C)C1CCN(CCO)CC1.CC(C)(C)c1c(F)cccc1F.CC(C)(C)c1cc(F)cc(F)c1.CCCN1CCC(C(C)(C)C)CC1.CCN1CCN(CCC(C)(C)C)CC1.CN1CCC(C(C)(C)C)CC1.Cc1cccc(C)c1C(C)(C)C.Cc1ccncc1C(C)C. The number of pyridine rings is 1. The predicted octanol–water partition coefficient (Wildman–Crippen LogP) is 26.9. The Bertz CT molecular complexity index is 3390. The maximum atomic E-state index is 13.1. The van der Waals surface area contributed by atoms with Gasteiger partial charge in [-0.3, -0.25) is 9.78 Å². The zero-order valence-electron chi connectivity index (χ0n) is 87.1. The van der Waals surface area contributed by atoms with Crippen molar-refractivity contribution in [1.29, 1.82) is 5.26 Å². The summed E-state index contributed by atoms with van der Waals surface area (Å²) in [6.45, 7) is 99.9. The third kappa shape index (κ3) is 48.7. The van der Waals surface area contributed by atoms with Crippen LogP contribution in [0.2, 0.25) is 0 Å². The van der Waals surface area contributed by atoms with Gasteiger partial charge in [-0.25, -0.2) is 17.6 Å². The second-order valence-corrected chi connectivity index (χ2v) is 46.9. The molecule has 6 saturated heterocycles. The Morgan fingerprint density at radius 2 is 0.798 bits per heavy atom. The fourth-order valence-electron chi connectivity index (χ4n) is 17.8. The van der Waals surface area contributed by atoms with Crippen molar-refractivity contribution in [3.8, 4) is 6.07 Å². The molecule has 6 aliphatic heterocycles. The van der Waals surface area contributed by atoms with E-state index in [-0.39, 0.29) is 22.3 Å². The number of aliphatic hydroxyl groups is 1. The van der Waals surface area contributed by atoms with Crippen LogP contribution in [0.25, 0.3) is 0 Å². The molecule has 1 aromatic heterocycles. The summed E-state index contributed by atoms with van der Waals surface area (Å²) >= 11 is 0. The Labute approximate surface area is 763 Å². The summed E-state index contributed by atoms with van der Waals surface area (Å²) in [5, 5.41) is 17.3. The summed E-state index contributed by atoms with van der Waals surface area (Å²) in [4.78, 5) is 32.1. The Kier molecular flexibility index (Phi) is 52.4. The number of rotatable bonds is 10. The molecular weight excluding hydrogens is 1540 g/mol. The van der Waals surface area contributed by atoms with Crippen LogP contribution in [0.1, 0.15) is 350 Å². The first-order valence-corrected chi connectivity index (χ1v) is 48.4. The molecule has 0 saturated carbocycles. The third-order valence-electron chi connectivity index (χ3n) is 26.5. The van der Waals surface area contributed by atoms with Crippen LogP contribution in [-0.4, -0.2) is 188 Å². The van der Waals surface area contributed by atoms with Gasteiger partial charge in [0.2, 0.25) is 5.91 Å². The predicted molar refractivity (Wildman–Crippen MR) is 528 cm³/mol. The molecule has 124 heavy (non-hydrogen) atoms. The van der Waals surface area contributed by atoms with Crippen LogP contribution >= 0.6 is 0 Å². The van der Waals surface area contributed by atoms with E-state index in [9.17, 15) is 22.4 Å². The number of aryl methyl sites for hydroxylation is 3. The van der Waals surface area contributed by atoms with Crippen LogP contribution in [0.15, 0.2) is 73.1 Å². The number of nitriles is 1. The van der Waals surface area contributed by atoms with Crippen molar-refractivity contribution in [2.45, 2.75) is 348 Å². The lowest BCUT2D eigenvalue weighted by molar-refractivity contribution is -0.130. The lowest BCUT2D eigenvalue weighted by atomic mass is 9.75. The number of hydrogen-bond acceptors (Lipinski definition) is 10. The van der Waals surface area contributed by atoms with Crippen LogP contribution in [0, 0.1) is 117 Å². The number of β-amino-alcohol motifs (C(OH)–C–C–N with tert-alkyl or cyclic N) is 1. The van der Waals surface area contributed by atoms with Crippen molar-refractivity contribution < 1.29 is 27.5 Å². The highest BCUT2D eigenvalue weighted by Gasteiger charge is 2.34. The molecule has 4 aromatic rings. The van der Waals surface area contributed by atoms with Gasteiger partial charge in [-0.05, 0) is 325 Å². The molecule has 714 valence electrons. The molecule has 15 heteroatoms. The Morgan fingerprint density at radius 1 is 0.452 bits per heavy atom. The number of likely N-dealkylation sites (tertiary alicyclic amines) is 5. The summed E-state index contributed by atoms with van der Waals surface area (Å²) in [6, 6.07) is 18.3. The molecule has 1 N–H and O–H groups in total. The number of benzene rings is 3. The largest absolute Gasteiger partial charge is 0.395 e. The van der Waals surface area contributed by atoms with Gasteiger partial charge >= 0.3 is 0 Å². The quantitative estimate of drug-likeness (QED) is 0.155. The van der Waals surface area contributed by atoms with E-state index in [4.69, 9.17) is 10.4 Å². The number of amides is 1. The minimum absolute atomic E-state index is 0.157. The summed E-state index contributed by atoms with van der Waals surface area (Å²) < 4.78 is 51.6. The van der Waals surface area contributed by atoms with E-state index in [1.807, 2.05) is 38.1 Å². The Hall–Kier alpha value is -4.79. The van der Waals surface area contributed by atoms with E-state index in [2.05, 4.69) is 266 Å². The average molecular weight is 1740 g/mol. The van der Waals surface area contributed by atoms with E-state index in [0.29, 0.717) is 57.0 Å². The van der Waals surface area contributed by atoms with Crippen molar-refractivity contribution >= 4 is 5.91 Å². The van der Waals surface area contributed by atoms with Crippen molar-refractivity contribution in [2.75, 3.05) is 138 Å². The van der Waals surface area contributed by atoms with Gasteiger partial charge in [-0.1, -0.05) is 239 Å². The van der Waals surface area contributed by atoms with E-state index >= 15 is 0 Å². The van der Waals surface area contributed by atoms with Crippen molar-refractivity contribution in [3.05, 3.63) is 135 Å². The number of carbonyl (C=O) groups excluding carboxylic acids is 1. The number of aliphatic hydroxyl groups excluding tert-OH is 1. The first kappa shape index (κ1) is 117. The Morgan fingerprint density at radius 3 is 1.09 bits per heavy atom. The third-order valence-corrected chi connectivity index (χ3v) is 26.5. The molecule has 11 nitrogen and oxygen atoms in total. The van der Waals surface area contributed by atoms with Crippen molar-refractivity contribution in [3.63, 3.8) is 0 Å². The van der Waals surface area contributed by atoms with Crippen LogP contribution in [-0.2, 0) is 21.0 Å². The topological polar surface area (TPSA) is 96.7 Å². The van der Waals surface area contributed by atoms with E-state index < -0.39 is 28.7 Å². The molecule has 0 atom stereocenters. The highest BCUT2D eigenvalue weighted by Crippen LogP contribution is 2.39. The minimum atomic E-state index is -0.514. The van der Waals surface area contributed by atoms with Gasteiger partial charge in [0.25, 0.3) is 0 Å². The number of piperidine rings is 5. The summed E-state index contributed by atoms with van der Waals surface area (Å²) in [6.07, 6.45) is 20.2. The number of likely N-dealkylation sites (N-methyl/N-ethyl adjacent to an activating group) is 1. The van der Waals surface area contributed by atoms with Crippen molar-refractivity contribution in [1.82, 2.24) is 39.3 Å². The molecule has 0 spiro atoms. The molecule has 0 bridgehead atoms. The zero-order valence-corrected chi connectivity index (χ0v) is 87.1. The van der Waals surface area contributed by atoms with Gasteiger partial charge in [0, 0.05) is 89.7 Å². The first-order chi connectivity index (χ1) is 57.0. The van der Waals surface area contributed by atoms with Crippen LogP contribution in [0.4, 0.5) is 17.6 Å². The molecule has 6 aliphatic rings. The number of halogens is 4. The van der Waals surface area contributed by atoms with Gasteiger partial charge < -0.3 is 39.4 Å². The van der Waals surface area contributed by atoms with Crippen LogP contribution in [0.5, 0.6) is 0 Å². The number of hydrogen-bond donors (Lipinski definition) is 1. The van der Waals surface area contributed by atoms with E-state index in [0.717, 1.165) is 61.8 Å². The van der Waals surface area contributed by atoms with E-state index in [1.54, 1.807) is 27.7 Å². The molecule has 0 unspecified atom stereocenters. The molecule has 10 rings (SSSR count). The monoisotopic (exact) mass is 1740 g/mol.